The van der Waals surface area contributed by atoms with Gasteiger partial charge in [0.05, 0.1) is 27.7 Å². The summed E-state index contributed by atoms with van der Waals surface area (Å²) in [7, 11) is 1.20. The van der Waals surface area contributed by atoms with E-state index in [1.807, 2.05) is 21.1 Å². The van der Waals surface area contributed by atoms with Crippen molar-refractivity contribution >= 4 is 19.8 Å². The number of hydrogen-bond acceptors (Lipinski definition) is 8. The Kier molecular flexibility index (Phi) is 60.8. The van der Waals surface area contributed by atoms with E-state index < -0.39 is 26.5 Å². The molecule has 0 saturated heterocycles. The Morgan fingerprint density at radius 1 is 0.342 bits per heavy atom. The molecule has 2 unspecified atom stereocenters. The van der Waals surface area contributed by atoms with Gasteiger partial charge in [-0.05, 0) is 12.8 Å². The Bertz CT molecular complexity index is 1290. The van der Waals surface area contributed by atoms with E-state index in [0.29, 0.717) is 17.4 Å². The largest absolute Gasteiger partial charge is 0.756 e. The normalized spacial score (nSPS) is 13.0. The van der Waals surface area contributed by atoms with Crippen LogP contribution in [0.1, 0.15) is 380 Å². The van der Waals surface area contributed by atoms with Crippen molar-refractivity contribution in [3.05, 3.63) is 0 Å². The second kappa shape index (κ2) is 61.6. The average molecular weight is 1140 g/mol. The van der Waals surface area contributed by atoms with Crippen LogP contribution in [-0.4, -0.2) is 70.0 Å². The highest BCUT2D eigenvalue weighted by Gasteiger charge is 2.22. The molecule has 0 amide bonds. The van der Waals surface area contributed by atoms with E-state index in [0.717, 1.165) is 32.1 Å². The highest BCUT2D eigenvalue weighted by atomic mass is 31.2. The number of carbonyl (C=O) groups is 2. The van der Waals surface area contributed by atoms with Crippen molar-refractivity contribution in [3.8, 4) is 0 Å². The molecule has 0 aliphatic heterocycles. The Balaban J connectivity index is 3.93. The van der Waals surface area contributed by atoms with Crippen LogP contribution >= 0.6 is 7.82 Å². The quantitative estimate of drug-likeness (QED) is 0.0256. The van der Waals surface area contributed by atoms with Crippen molar-refractivity contribution in [2.75, 3.05) is 47.5 Å². The van der Waals surface area contributed by atoms with E-state index >= 15 is 0 Å². The van der Waals surface area contributed by atoms with Gasteiger partial charge in [0.15, 0.2) is 6.10 Å². The Morgan fingerprint density at radius 3 is 0.810 bits per heavy atom. The van der Waals surface area contributed by atoms with Gasteiger partial charge in [0, 0.05) is 12.8 Å². The summed E-state index contributed by atoms with van der Waals surface area (Å²) in [5, 5.41) is 0. The molecule has 0 aromatic heterocycles. The fourth-order valence-corrected chi connectivity index (χ4v) is 11.7. The fraction of sp³-hybridized carbons (Fsp3) is 0.971. The van der Waals surface area contributed by atoms with Crippen LogP contribution in [0.2, 0.25) is 0 Å². The zero-order valence-corrected chi connectivity index (χ0v) is 54.8. The van der Waals surface area contributed by atoms with Gasteiger partial charge in [-0.2, -0.15) is 0 Å². The molecule has 0 heterocycles. The third-order valence-electron chi connectivity index (χ3n) is 16.4. The molecule has 0 aliphatic rings. The first-order valence-corrected chi connectivity index (χ1v) is 36.7. The van der Waals surface area contributed by atoms with Gasteiger partial charge in [0.25, 0.3) is 7.82 Å². The number of ether oxygens (including phenoxy) is 2. The van der Waals surface area contributed by atoms with Gasteiger partial charge in [-0.1, -0.05) is 354 Å². The summed E-state index contributed by atoms with van der Waals surface area (Å²) in [6, 6.07) is 0. The molecule has 0 fully saturated rings. The number of phosphoric ester groups is 1. The van der Waals surface area contributed by atoms with Gasteiger partial charge >= 0.3 is 11.9 Å². The third kappa shape index (κ3) is 66.0. The molecular weight excluding hydrogens is 1000 g/mol. The molecule has 79 heavy (non-hydrogen) atoms. The predicted octanol–water partition coefficient (Wildman–Crippen LogP) is 21.9. The van der Waals surface area contributed by atoms with Crippen LogP contribution in [0.3, 0.4) is 0 Å². The van der Waals surface area contributed by atoms with Crippen molar-refractivity contribution in [1.29, 1.82) is 0 Å². The smallest absolute Gasteiger partial charge is 0.306 e. The second-order valence-corrected chi connectivity index (χ2v) is 27.0. The Hall–Kier alpha value is -0.990. The van der Waals surface area contributed by atoms with Crippen LogP contribution < -0.4 is 4.89 Å². The lowest BCUT2D eigenvalue weighted by Gasteiger charge is -2.28. The minimum absolute atomic E-state index is 0.0248. The van der Waals surface area contributed by atoms with E-state index in [4.69, 9.17) is 18.5 Å². The first kappa shape index (κ1) is 78.0. The fourth-order valence-electron chi connectivity index (χ4n) is 11.0. The standard InChI is InChI=1S/C69H138NO8P/c1-6-8-10-12-14-16-18-20-22-24-26-28-29-30-31-32-33-34-35-36-37-38-39-40-42-44-46-48-50-52-54-56-58-60-62-69(72)78-67(66-77-79(73,74)76-64-63-70(3,4)5)65-75-68(71)61-59-57-55-53-51-49-47-45-43-41-27-25-23-21-19-17-15-13-11-9-7-2/h67H,6-66H2,1-5H3. The van der Waals surface area contributed by atoms with E-state index in [9.17, 15) is 19.0 Å². The van der Waals surface area contributed by atoms with Gasteiger partial charge in [-0.25, -0.2) is 0 Å². The molecule has 0 spiro atoms. The maximum absolute atomic E-state index is 12.9. The van der Waals surface area contributed by atoms with Crippen molar-refractivity contribution in [1.82, 2.24) is 0 Å². The van der Waals surface area contributed by atoms with Crippen molar-refractivity contribution in [2.45, 2.75) is 386 Å². The number of carbonyl (C=O) groups excluding carboxylic acids is 2. The van der Waals surface area contributed by atoms with Crippen molar-refractivity contribution in [2.24, 2.45) is 0 Å². The van der Waals surface area contributed by atoms with E-state index in [1.54, 1.807) is 0 Å². The summed E-state index contributed by atoms with van der Waals surface area (Å²) in [6.07, 6.45) is 73.4. The lowest BCUT2D eigenvalue weighted by atomic mass is 10.0. The number of hydrogen-bond donors (Lipinski definition) is 0. The molecule has 9 nitrogen and oxygen atoms in total. The summed E-state index contributed by atoms with van der Waals surface area (Å²) in [5.74, 6) is -0.804. The molecule has 2 atom stereocenters. The van der Waals surface area contributed by atoms with E-state index in [2.05, 4.69) is 13.8 Å². The van der Waals surface area contributed by atoms with Crippen LogP contribution in [-0.2, 0) is 32.7 Å². The molecule has 0 radical (unpaired) electrons. The minimum atomic E-state index is -4.63. The molecule has 0 N–H and O–H groups in total. The van der Waals surface area contributed by atoms with Crippen LogP contribution in [0.15, 0.2) is 0 Å². The first-order valence-electron chi connectivity index (χ1n) is 35.2. The average Bonchev–Trinajstić information content (AvgIpc) is 3.41. The van der Waals surface area contributed by atoms with Crippen LogP contribution in [0.25, 0.3) is 0 Å². The first-order chi connectivity index (χ1) is 38.5. The summed E-state index contributed by atoms with van der Waals surface area (Å²) >= 11 is 0. The molecule has 0 aromatic rings. The summed E-state index contributed by atoms with van der Waals surface area (Å²) < 4.78 is 34.3. The topological polar surface area (TPSA) is 111 Å². The second-order valence-electron chi connectivity index (χ2n) is 25.6. The zero-order chi connectivity index (χ0) is 57.7. The van der Waals surface area contributed by atoms with E-state index in [1.165, 1.54) is 315 Å². The molecule has 0 aromatic carbocycles. The van der Waals surface area contributed by atoms with Crippen LogP contribution in [0.5, 0.6) is 0 Å². The van der Waals surface area contributed by atoms with Crippen LogP contribution in [0.4, 0.5) is 0 Å². The molecule has 0 aliphatic carbocycles. The van der Waals surface area contributed by atoms with E-state index in [-0.39, 0.29) is 32.0 Å². The highest BCUT2D eigenvalue weighted by molar-refractivity contribution is 7.45. The predicted molar refractivity (Wildman–Crippen MR) is 338 cm³/mol. The maximum Gasteiger partial charge on any atom is 0.306 e. The number of phosphoric acid groups is 1. The van der Waals surface area contributed by atoms with Crippen molar-refractivity contribution < 1.29 is 42.1 Å². The third-order valence-corrected chi connectivity index (χ3v) is 17.3. The van der Waals surface area contributed by atoms with Gasteiger partial charge in [-0.3, -0.25) is 14.2 Å². The van der Waals surface area contributed by atoms with Gasteiger partial charge < -0.3 is 27.9 Å². The lowest BCUT2D eigenvalue weighted by Crippen LogP contribution is -2.37. The van der Waals surface area contributed by atoms with Gasteiger partial charge in [0.2, 0.25) is 0 Å². The number of rotatable bonds is 67. The lowest BCUT2D eigenvalue weighted by molar-refractivity contribution is -0.870. The minimum Gasteiger partial charge on any atom is -0.756 e. The van der Waals surface area contributed by atoms with Crippen molar-refractivity contribution in [3.63, 3.8) is 0 Å². The number of esters is 2. The molecule has 0 saturated carbocycles. The summed E-state index contributed by atoms with van der Waals surface area (Å²) in [5.41, 5.74) is 0. The Labute approximate surface area is 493 Å². The van der Waals surface area contributed by atoms with Crippen LogP contribution in [0, 0.1) is 0 Å². The van der Waals surface area contributed by atoms with Gasteiger partial charge in [-0.15, -0.1) is 0 Å². The summed E-state index contributed by atoms with van der Waals surface area (Å²) in [6.45, 7) is 4.33. The number of nitrogens with zero attached hydrogens (tertiary/aromatic N) is 1. The van der Waals surface area contributed by atoms with Gasteiger partial charge in [0.1, 0.15) is 19.8 Å². The maximum atomic E-state index is 12.9. The molecule has 0 rings (SSSR count). The number of likely N-dealkylation sites (N-methyl/N-ethyl adjacent to an activating group) is 1. The molecule has 472 valence electrons. The molecule has 10 heteroatoms. The zero-order valence-electron chi connectivity index (χ0n) is 53.9. The SMILES string of the molecule is CCCCCCCCCCCCCCCCCCCCCCCCCCCCCCCCCCCCC(=O)OC(COC(=O)CCCCCCCCCCCCCCCCCCCCCCC)COP(=O)([O-])OCC[N+](C)(C)C. The monoisotopic (exact) mass is 1140 g/mol. The highest BCUT2D eigenvalue weighted by Crippen LogP contribution is 2.38. The number of quaternary nitrogens is 1. The molecule has 0 bridgehead atoms. The Morgan fingerprint density at radius 2 is 0.570 bits per heavy atom. The number of unbranched alkanes of at least 4 members (excludes halogenated alkanes) is 53. The summed E-state index contributed by atoms with van der Waals surface area (Å²) in [4.78, 5) is 38.0. The molecular formula is C69H138NO8P.